The van der Waals surface area contributed by atoms with E-state index in [1.165, 1.54) is 50.5 Å². The van der Waals surface area contributed by atoms with Crippen LogP contribution in [0.5, 0.6) is 0 Å². The molecule has 1 aliphatic heterocycles. The average molecular weight is 389 g/mol. The largest absolute Gasteiger partial charge is 0.497 e. The highest BCUT2D eigenvalue weighted by Gasteiger charge is 2.60. The Balaban J connectivity index is 1.49. The molecule has 0 radical (unpaired) electrons. The summed E-state index contributed by atoms with van der Waals surface area (Å²) in [6, 6.07) is 0. The summed E-state index contributed by atoms with van der Waals surface area (Å²) in [5.74, 6) is 3.94. The lowest BCUT2D eigenvalue weighted by Gasteiger charge is -2.57. The zero-order valence-corrected chi connectivity index (χ0v) is 19.0. The van der Waals surface area contributed by atoms with Gasteiger partial charge in [-0.25, -0.2) is 0 Å². The van der Waals surface area contributed by atoms with Gasteiger partial charge in [0.05, 0.1) is 12.4 Å². The molecule has 0 aromatic heterocycles. The summed E-state index contributed by atoms with van der Waals surface area (Å²) in [6.07, 6.45) is 14.9. The average Bonchev–Trinajstić information content (AvgIpc) is 2.99. The second-order valence-electron chi connectivity index (χ2n) is 11.8. The molecular formula is C26H44O2. The van der Waals surface area contributed by atoms with Crippen molar-refractivity contribution >= 4 is 0 Å². The smallest absolute Gasteiger partial charge is 0.105 e. The van der Waals surface area contributed by atoms with Crippen molar-refractivity contribution in [3.63, 3.8) is 0 Å². The van der Waals surface area contributed by atoms with Crippen LogP contribution in [0.2, 0.25) is 0 Å². The van der Waals surface area contributed by atoms with Crippen LogP contribution in [0.1, 0.15) is 98.8 Å². The van der Waals surface area contributed by atoms with Gasteiger partial charge in [-0.15, -0.1) is 0 Å². The molecule has 2 heteroatoms. The quantitative estimate of drug-likeness (QED) is 0.566. The van der Waals surface area contributed by atoms with Crippen LogP contribution in [0.3, 0.4) is 0 Å². The van der Waals surface area contributed by atoms with E-state index in [-0.39, 0.29) is 11.5 Å². The highest BCUT2D eigenvalue weighted by molar-refractivity contribution is 5.23. The molecule has 3 fully saturated rings. The summed E-state index contributed by atoms with van der Waals surface area (Å²) in [7, 11) is 0. The van der Waals surface area contributed by atoms with Crippen LogP contribution in [0.25, 0.3) is 0 Å². The third-order valence-corrected chi connectivity index (χ3v) is 9.77. The van der Waals surface area contributed by atoms with Gasteiger partial charge in [-0.1, -0.05) is 53.9 Å². The van der Waals surface area contributed by atoms with Gasteiger partial charge < -0.3 is 9.84 Å². The van der Waals surface area contributed by atoms with Crippen LogP contribution in [0, 0.1) is 40.4 Å². The molecule has 1 N–H and O–H groups in total. The molecule has 28 heavy (non-hydrogen) atoms. The molecule has 4 rings (SSSR count). The van der Waals surface area contributed by atoms with E-state index >= 15 is 0 Å². The number of hydrogen-bond donors (Lipinski definition) is 1. The lowest BCUT2D eigenvalue weighted by molar-refractivity contribution is -0.122. The second kappa shape index (κ2) is 7.64. The summed E-state index contributed by atoms with van der Waals surface area (Å²) in [4.78, 5) is 0. The second-order valence-corrected chi connectivity index (χ2v) is 11.8. The monoisotopic (exact) mass is 388 g/mol. The van der Waals surface area contributed by atoms with Crippen molar-refractivity contribution in [3.8, 4) is 0 Å². The Morgan fingerprint density at radius 1 is 1.04 bits per heavy atom. The summed E-state index contributed by atoms with van der Waals surface area (Å²) in [6.45, 7) is 12.3. The maximum Gasteiger partial charge on any atom is 0.105 e. The van der Waals surface area contributed by atoms with Crippen molar-refractivity contribution in [1.82, 2.24) is 0 Å². The van der Waals surface area contributed by atoms with Gasteiger partial charge in [0.2, 0.25) is 0 Å². The first kappa shape index (κ1) is 20.8. The predicted octanol–water partition coefficient (Wildman–Crippen LogP) is 6.73. The Morgan fingerprint density at radius 3 is 2.57 bits per heavy atom. The van der Waals surface area contributed by atoms with Gasteiger partial charge in [-0.2, -0.15) is 0 Å². The minimum atomic E-state index is -0.157. The first-order valence-corrected chi connectivity index (χ1v) is 12.3. The first-order chi connectivity index (χ1) is 13.3. The van der Waals surface area contributed by atoms with Crippen molar-refractivity contribution in [1.29, 1.82) is 0 Å². The number of aliphatic hydroxyl groups is 1. The van der Waals surface area contributed by atoms with Gasteiger partial charge in [0.1, 0.15) is 6.10 Å². The minimum absolute atomic E-state index is 0.157. The number of hydrogen-bond acceptors (Lipinski definition) is 2. The Kier molecular flexibility index (Phi) is 5.66. The summed E-state index contributed by atoms with van der Waals surface area (Å²) < 4.78 is 6.51. The van der Waals surface area contributed by atoms with E-state index in [1.54, 1.807) is 0 Å². The molecule has 2 nitrogen and oxygen atoms in total. The third-order valence-electron chi connectivity index (χ3n) is 9.77. The molecule has 0 amide bonds. The topological polar surface area (TPSA) is 29.5 Å². The Bertz CT molecular complexity index is 595. The van der Waals surface area contributed by atoms with Crippen molar-refractivity contribution in [2.75, 3.05) is 0 Å². The van der Waals surface area contributed by atoms with E-state index in [1.807, 2.05) is 0 Å². The van der Waals surface area contributed by atoms with Crippen LogP contribution in [0.4, 0.5) is 0 Å². The van der Waals surface area contributed by atoms with Gasteiger partial charge in [0, 0.05) is 11.8 Å². The fraction of sp³-hybridized carbons (Fsp3) is 0.923. The zero-order chi connectivity index (χ0) is 20.1. The lowest BCUT2D eigenvalue weighted by Crippen LogP contribution is -2.54. The third kappa shape index (κ3) is 3.36. The molecule has 1 heterocycles. The van der Waals surface area contributed by atoms with Crippen LogP contribution in [-0.4, -0.2) is 17.3 Å². The van der Waals surface area contributed by atoms with Gasteiger partial charge in [-0.3, -0.25) is 0 Å². The molecule has 0 aromatic rings. The fourth-order valence-electron chi connectivity index (χ4n) is 7.95. The number of fused-ring (bicyclic) bond motifs is 5. The molecule has 0 saturated heterocycles. The van der Waals surface area contributed by atoms with Crippen molar-refractivity contribution in [3.05, 3.63) is 11.8 Å². The lowest BCUT2D eigenvalue weighted by atomic mass is 9.51. The highest BCUT2D eigenvalue weighted by Crippen LogP contribution is 2.65. The van der Waals surface area contributed by atoms with Crippen LogP contribution >= 0.6 is 0 Å². The number of rotatable bonds is 5. The Morgan fingerprint density at radius 2 is 1.82 bits per heavy atom. The number of ether oxygens (including phenoxy) is 1. The van der Waals surface area contributed by atoms with Gasteiger partial charge in [-0.05, 0) is 79.1 Å². The zero-order valence-electron chi connectivity index (χ0n) is 19.0. The summed E-state index contributed by atoms with van der Waals surface area (Å²) in [5, 5.41) is 10.2. The van der Waals surface area contributed by atoms with E-state index in [9.17, 15) is 5.11 Å². The predicted molar refractivity (Wildman–Crippen MR) is 116 cm³/mol. The fourth-order valence-corrected chi connectivity index (χ4v) is 7.95. The van der Waals surface area contributed by atoms with Crippen molar-refractivity contribution in [2.24, 2.45) is 40.4 Å². The Labute approximate surface area is 173 Å². The maximum atomic E-state index is 10.2. The van der Waals surface area contributed by atoms with E-state index < -0.39 is 0 Å². The normalized spacial score (nSPS) is 46.2. The molecule has 0 aromatic carbocycles. The Hall–Kier alpha value is -0.500. The maximum absolute atomic E-state index is 10.2. The molecule has 160 valence electrons. The molecule has 3 aliphatic carbocycles. The molecule has 8 atom stereocenters. The minimum Gasteiger partial charge on any atom is -0.497 e. The van der Waals surface area contributed by atoms with Gasteiger partial charge in [0.15, 0.2) is 0 Å². The van der Waals surface area contributed by atoms with E-state index in [2.05, 4.69) is 40.9 Å². The van der Waals surface area contributed by atoms with E-state index in [4.69, 9.17) is 4.74 Å². The van der Waals surface area contributed by atoms with Crippen LogP contribution in [-0.2, 0) is 4.74 Å². The molecule has 3 saturated carbocycles. The molecule has 0 bridgehead atoms. The molecule has 0 spiro atoms. The summed E-state index contributed by atoms with van der Waals surface area (Å²) in [5.41, 5.74) is 2.13. The first-order valence-electron chi connectivity index (χ1n) is 12.3. The van der Waals surface area contributed by atoms with Crippen molar-refractivity contribution < 1.29 is 9.84 Å². The van der Waals surface area contributed by atoms with E-state index in [0.717, 1.165) is 42.9 Å². The summed E-state index contributed by atoms with van der Waals surface area (Å²) >= 11 is 0. The molecular weight excluding hydrogens is 344 g/mol. The standard InChI is InChI=1S/C26H44O2/c1-17(2)7-6-8-18(3)21-9-10-22-24-23(12-14-26(21,22)5)25(4)13-11-20(27)15-19(25)16-28-24/h16-18,20-24,27H,6-15H2,1-5H3/t18-,20+,21-,22+,23+,24+,25+,26-/m1/s1. The van der Waals surface area contributed by atoms with Crippen molar-refractivity contribution in [2.45, 2.75) is 111 Å². The SMILES string of the molecule is CC(C)CCC[C@@H](C)[C@H]1CC[C@H]2[C@@H]3OC=C4C[C@@H](O)CC[C@]4(C)[C@H]3CC[C@]12C. The van der Waals surface area contributed by atoms with Gasteiger partial charge >= 0.3 is 0 Å². The van der Waals surface area contributed by atoms with E-state index in [0.29, 0.717) is 17.4 Å². The van der Waals surface area contributed by atoms with Crippen LogP contribution < -0.4 is 0 Å². The molecule has 0 unspecified atom stereocenters. The van der Waals surface area contributed by atoms with Gasteiger partial charge in [0.25, 0.3) is 0 Å². The highest BCUT2D eigenvalue weighted by atomic mass is 16.5. The van der Waals surface area contributed by atoms with Crippen LogP contribution in [0.15, 0.2) is 11.8 Å². The molecule has 4 aliphatic rings. The number of aliphatic hydroxyl groups excluding tert-OH is 1.